The lowest BCUT2D eigenvalue weighted by Crippen LogP contribution is -2.22. The monoisotopic (exact) mass is 291 g/mol. The van der Waals surface area contributed by atoms with Gasteiger partial charge in [-0.05, 0) is 43.0 Å². The van der Waals surface area contributed by atoms with Gasteiger partial charge in [0, 0.05) is 6.54 Å². The van der Waals surface area contributed by atoms with Crippen molar-refractivity contribution in [2.24, 2.45) is 5.92 Å². The Kier molecular flexibility index (Phi) is 4.50. The summed E-state index contributed by atoms with van der Waals surface area (Å²) in [6, 6.07) is 5.90. The van der Waals surface area contributed by atoms with Gasteiger partial charge in [-0.2, -0.15) is 0 Å². The second-order valence-corrected chi connectivity index (χ2v) is 5.67. The molecule has 1 aromatic carbocycles. The molecule has 1 aromatic heterocycles. The standard InChI is InChI=1S/C16H22FN3O/c1-4-9-19-14(10-11(2)3)15(18)16(21)20(19)13-7-5-12(17)6-8-13/h5-8,11H,4,9-10,18H2,1-3H3. The van der Waals surface area contributed by atoms with Crippen molar-refractivity contribution in [1.29, 1.82) is 0 Å². The molecule has 114 valence electrons. The van der Waals surface area contributed by atoms with E-state index in [0.717, 1.165) is 18.5 Å². The minimum Gasteiger partial charge on any atom is -0.393 e. The lowest BCUT2D eigenvalue weighted by molar-refractivity contribution is 0.493. The molecule has 4 nitrogen and oxygen atoms in total. The summed E-state index contributed by atoms with van der Waals surface area (Å²) in [7, 11) is 0. The summed E-state index contributed by atoms with van der Waals surface area (Å²) in [6.07, 6.45) is 1.63. The van der Waals surface area contributed by atoms with Crippen LogP contribution in [0.2, 0.25) is 0 Å². The first-order valence-electron chi connectivity index (χ1n) is 7.31. The highest BCUT2D eigenvalue weighted by molar-refractivity contribution is 5.45. The minimum atomic E-state index is -0.323. The van der Waals surface area contributed by atoms with E-state index in [1.807, 2.05) is 4.68 Å². The van der Waals surface area contributed by atoms with Crippen LogP contribution in [0.5, 0.6) is 0 Å². The van der Waals surface area contributed by atoms with Gasteiger partial charge in [-0.15, -0.1) is 0 Å². The molecule has 0 bridgehead atoms. The third-order valence-electron chi connectivity index (χ3n) is 3.39. The van der Waals surface area contributed by atoms with Crippen LogP contribution in [-0.4, -0.2) is 9.36 Å². The first kappa shape index (κ1) is 15.4. The molecule has 0 saturated heterocycles. The molecule has 5 heteroatoms. The number of hydrogen-bond donors (Lipinski definition) is 1. The molecule has 0 radical (unpaired) electrons. The van der Waals surface area contributed by atoms with Crippen molar-refractivity contribution in [1.82, 2.24) is 9.36 Å². The number of benzene rings is 1. The van der Waals surface area contributed by atoms with Gasteiger partial charge >= 0.3 is 0 Å². The predicted molar refractivity (Wildman–Crippen MR) is 83.2 cm³/mol. The molecule has 0 unspecified atom stereocenters. The third kappa shape index (κ3) is 3.01. The van der Waals surface area contributed by atoms with Crippen molar-refractivity contribution in [2.75, 3.05) is 5.73 Å². The second-order valence-electron chi connectivity index (χ2n) is 5.67. The van der Waals surface area contributed by atoms with Gasteiger partial charge in [-0.3, -0.25) is 9.48 Å². The number of nitrogens with two attached hydrogens (primary N) is 1. The van der Waals surface area contributed by atoms with Crippen molar-refractivity contribution >= 4 is 5.69 Å². The maximum atomic E-state index is 13.1. The van der Waals surface area contributed by atoms with E-state index in [-0.39, 0.29) is 11.4 Å². The SMILES string of the molecule is CCCn1c(CC(C)C)c(N)c(=O)n1-c1ccc(F)cc1. The Morgan fingerprint density at radius 2 is 1.86 bits per heavy atom. The van der Waals surface area contributed by atoms with E-state index in [4.69, 9.17) is 5.73 Å². The average Bonchev–Trinajstić information content (AvgIpc) is 2.65. The topological polar surface area (TPSA) is 52.9 Å². The van der Waals surface area contributed by atoms with Gasteiger partial charge in [0.25, 0.3) is 5.56 Å². The van der Waals surface area contributed by atoms with E-state index in [0.29, 0.717) is 23.8 Å². The summed E-state index contributed by atoms with van der Waals surface area (Å²) in [5.41, 5.74) is 7.58. The molecule has 0 aliphatic carbocycles. The summed E-state index contributed by atoms with van der Waals surface area (Å²) in [4.78, 5) is 12.5. The van der Waals surface area contributed by atoms with Crippen molar-refractivity contribution in [2.45, 2.75) is 40.2 Å². The van der Waals surface area contributed by atoms with Crippen molar-refractivity contribution in [3.05, 3.63) is 46.1 Å². The maximum absolute atomic E-state index is 13.1. The second kappa shape index (κ2) is 6.16. The number of hydrogen-bond acceptors (Lipinski definition) is 2. The summed E-state index contributed by atoms with van der Waals surface area (Å²) >= 11 is 0. The van der Waals surface area contributed by atoms with E-state index in [1.54, 1.807) is 16.8 Å². The number of aromatic nitrogens is 2. The van der Waals surface area contributed by atoms with E-state index >= 15 is 0 Å². The maximum Gasteiger partial charge on any atom is 0.294 e. The van der Waals surface area contributed by atoms with Crippen LogP contribution in [0.4, 0.5) is 10.1 Å². The Hall–Kier alpha value is -2.04. The summed E-state index contributed by atoms with van der Waals surface area (Å²) in [5, 5.41) is 0. The fourth-order valence-corrected chi connectivity index (χ4v) is 2.49. The van der Waals surface area contributed by atoms with Crippen LogP contribution in [-0.2, 0) is 13.0 Å². The van der Waals surface area contributed by atoms with Crippen LogP contribution in [0.3, 0.4) is 0 Å². The van der Waals surface area contributed by atoms with Crippen molar-refractivity contribution in [3.8, 4) is 5.69 Å². The largest absolute Gasteiger partial charge is 0.393 e. The third-order valence-corrected chi connectivity index (χ3v) is 3.39. The first-order chi connectivity index (χ1) is 9.95. The number of anilines is 1. The molecule has 0 atom stereocenters. The molecule has 21 heavy (non-hydrogen) atoms. The van der Waals surface area contributed by atoms with Crippen molar-refractivity contribution < 1.29 is 4.39 Å². The lowest BCUT2D eigenvalue weighted by Gasteiger charge is -2.15. The van der Waals surface area contributed by atoms with Gasteiger partial charge in [-0.1, -0.05) is 20.8 Å². The van der Waals surface area contributed by atoms with E-state index in [1.165, 1.54) is 12.1 Å². The molecular weight excluding hydrogens is 269 g/mol. The van der Waals surface area contributed by atoms with E-state index in [9.17, 15) is 9.18 Å². The number of nitrogen functional groups attached to an aromatic ring is 1. The highest BCUT2D eigenvalue weighted by atomic mass is 19.1. The van der Waals surface area contributed by atoms with E-state index < -0.39 is 0 Å². The first-order valence-corrected chi connectivity index (χ1v) is 7.31. The Morgan fingerprint density at radius 3 is 2.38 bits per heavy atom. The molecule has 0 saturated carbocycles. The Morgan fingerprint density at radius 1 is 1.24 bits per heavy atom. The fraction of sp³-hybridized carbons (Fsp3) is 0.438. The molecule has 0 amide bonds. The zero-order valence-corrected chi connectivity index (χ0v) is 12.8. The average molecular weight is 291 g/mol. The molecule has 1 heterocycles. The smallest absolute Gasteiger partial charge is 0.294 e. The van der Waals surface area contributed by atoms with E-state index in [2.05, 4.69) is 20.8 Å². The number of halogens is 1. The molecule has 0 aliphatic heterocycles. The molecule has 0 aliphatic rings. The molecule has 0 spiro atoms. The Balaban J connectivity index is 2.64. The van der Waals surface area contributed by atoms with Gasteiger partial charge in [0.05, 0.1) is 11.4 Å². The normalized spacial score (nSPS) is 11.3. The fourth-order valence-electron chi connectivity index (χ4n) is 2.49. The van der Waals surface area contributed by atoms with Gasteiger partial charge in [0.2, 0.25) is 0 Å². The van der Waals surface area contributed by atoms with Crippen molar-refractivity contribution in [3.63, 3.8) is 0 Å². The van der Waals surface area contributed by atoms with Crippen LogP contribution >= 0.6 is 0 Å². The summed E-state index contributed by atoms with van der Waals surface area (Å²) < 4.78 is 16.6. The number of nitrogens with zero attached hydrogens (tertiary/aromatic N) is 2. The zero-order valence-electron chi connectivity index (χ0n) is 12.8. The van der Waals surface area contributed by atoms with Crippen LogP contribution < -0.4 is 11.3 Å². The molecule has 2 rings (SSSR count). The van der Waals surface area contributed by atoms with Crippen LogP contribution in [0, 0.1) is 11.7 Å². The zero-order chi connectivity index (χ0) is 15.6. The molecule has 2 aromatic rings. The predicted octanol–water partition coefficient (Wildman–Crippen LogP) is 2.97. The summed E-state index contributed by atoms with van der Waals surface area (Å²) in [5.74, 6) is 0.0784. The summed E-state index contributed by atoms with van der Waals surface area (Å²) in [6.45, 7) is 6.94. The molecule has 2 N–H and O–H groups in total. The van der Waals surface area contributed by atoms with Gasteiger partial charge < -0.3 is 5.73 Å². The molecular formula is C16H22FN3O. The Bertz CT molecular complexity index is 668. The van der Waals surface area contributed by atoms with Gasteiger partial charge in [-0.25, -0.2) is 9.07 Å². The van der Waals surface area contributed by atoms with Crippen LogP contribution in [0.1, 0.15) is 32.9 Å². The quantitative estimate of drug-likeness (QED) is 0.920. The highest BCUT2D eigenvalue weighted by Crippen LogP contribution is 2.18. The minimum absolute atomic E-state index is 0.231. The van der Waals surface area contributed by atoms with Crippen LogP contribution in [0.15, 0.2) is 29.1 Å². The Labute approximate surface area is 124 Å². The number of rotatable bonds is 5. The molecule has 0 fully saturated rings. The van der Waals surface area contributed by atoms with Crippen LogP contribution in [0.25, 0.3) is 5.69 Å². The van der Waals surface area contributed by atoms with Gasteiger partial charge in [0.15, 0.2) is 0 Å². The van der Waals surface area contributed by atoms with Gasteiger partial charge in [0.1, 0.15) is 11.5 Å². The highest BCUT2D eigenvalue weighted by Gasteiger charge is 2.19. The lowest BCUT2D eigenvalue weighted by atomic mass is 10.1.